The molecule has 1 rings (SSSR count). The first-order chi connectivity index (χ1) is 8.16. The van der Waals surface area contributed by atoms with E-state index in [1.807, 2.05) is 0 Å². The van der Waals surface area contributed by atoms with Crippen molar-refractivity contribution in [2.24, 2.45) is 0 Å². The van der Waals surface area contributed by atoms with Gasteiger partial charge in [0.25, 0.3) is 5.91 Å². The van der Waals surface area contributed by atoms with Crippen molar-refractivity contribution in [3.8, 4) is 0 Å². The number of rotatable bonds is 2. The van der Waals surface area contributed by atoms with Crippen molar-refractivity contribution >= 4 is 23.8 Å². The van der Waals surface area contributed by atoms with Crippen molar-refractivity contribution in [1.82, 2.24) is 15.5 Å². The van der Waals surface area contributed by atoms with E-state index >= 15 is 0 Å². The van der Waals surface area contributed by atoms with Crippen LogP contribution in [0, 0.1) is 0 Å². The topological polar surface area (TPSA) is 116 Å². The zero-order valence-electron chi connectivity index (χ0n) is 10.3. The van der Waals surface area contributed by atoms with Gasteiger partial charge in [0, 0.05) is 0 Å². The number of aliphatic carboxylic acids is 1. The summed E-state index contributed by atoms with van der Waals surface area (Å²) in [7, 11) is 0. The summed E-state index contributed by atoms with van der Waals surface area (Å²) < 4.78 is 0. The van der Waals surface area contributed by atoms with Gasteiger partial charge in [-0.3, -0.25) is 19.7 Å². The lowest BCUT2D eigenvalue weighted by molar-refractivity contribution is -0.142. The first kappa shape index (κ1) is 13.9. The van der Waals surface area contributed by atoms with E-state index in [0.717, 1.165) is 4.90 Å². The zero-order chi connectivity index (χ0) is 14.1. The maximum absolute atomic E-state index is 11.8. The predicted octanol–water partition coefficient (Wildman–Crippen LogP) is -1.09. The summed E-state index contributed by atoms with van der Waals surface area (Å²) in [6, 6.07) is -1.87. The van der Waals surface area contributed by atoms with Gasteiger partial charge in [0.2, 0.25) is 5.91 Å². The van der Waals surface area contributed by atoms with Crippen LogP contribution in [0.5, 0.6) is 0 Å². The van der Waals surface area contributed by atoms with Crippen molar-refractivity contribution in [3.63, 3.8) is 0 Å². The molecule has 100 valence electrons. The highest BCUT2D eigenvalue weighted by Crippen LogP contribution is 2.18. The number of carboxylic acids is 1. The molecule has 0 bridgehead atoms. The lowest BCUT2D eigenvalue weighted by atomic mass is 9.99. The van der Waals surface area contributed by atoms with E-state index in [1.165, 1.54) is 20.8 Å². The number of hydrogen-bond donors (Lipinski definition) is 3. The van der Waals surface area contributed by atoms with Crippen molar-refractivity contribution in [3.05, 3.63) is 0 Å². The van der Waals surface area contributed by atoms with Crippen molar-refractivity contribution in [2.75, 3.05) is 6.54 Å². The van der Waals surface area contributed by atoms with Gasteiger partial charge in [-0.25, -0.2) is 4.79 Å². The van der Waals surface area contributed by atoms with Crippen molar-refractivity contribution in [1.29, 1.82) is 0 Å². The van der Waals surface area contributed by atoms with Crippen LogP contribution in [-0.4, -0.2) is 51.9 Å². The summed E-state index contributed by atoms with van der Waals surface area (Å²) in [5, 5.41) is 13.0. The standard InChI is InChI=1S/C10H15N3O5/c1-5(7(15)16)11-9(18)13-4-6(14)12-8(17)10(13,2)3/h5H,4H2,1-3H3,(H,11,18)(H,15,16)(H,12,14,17)/t5-/m1/s1. The molecule has 8 nitrogen and oxygen atoms in total. The van der Waals surface area contributed by atoms with Crippen LogP contribution < -0.4 is 10.6 Å². The molecule has 1 fully saturated rings. The van der Waals surface area contributed by atoms with Gasteiger partial charge in [0.15, 0.2) is 0 Å². The fourth-order valence-electron chi connectivity index (χ4n) is 1.43. The van der Waals surface area contributed by atoms with E-state index in [0.29, 0.717) is 0 Å². The van der Waals surface area contributed by atoms with Crippen LogP contribution in [0.4, 0.5) is 4.79 Å². The minimum atomic E-state index is -1.21. The predicted molar refractivity (Wildman–Crippen MR) is 59.6 cm³/mol. The van der Waals surface area contributed by atoms with E-state index in [4.69, 9.17) is 5.11 Å². The SMILES string of the molecule is C[C@@H](NC(=O)N1CC(=O)NC(=O)C1(C)C)C(=O)O. The van der Waals surface area contributed by atoms with E-state index in [9.17, 15) is 19.2 Å². The number of nitrogens with zero attached hydrogens (tertiary/aromatic N) is 1. The summed E-state index contributed by atoms with van der Waals surface area (Å²) in [5.74, 6) is -2.40. The molecule has 1 aliphatic rings. The fourth-order valence-corrected chi connectivity index (χ4v) is 1.43. The average Bonchev–Trinajstić information content (AvgIpc) is 2.23. The third-order valence-electron chi connectivity index (χ3n) is 2.74. The zero-order valence-corrected chi connectivity index (χ0v) is 10.3. The number of imide groups is 1. The highest BCUT2D eigenvalue weighted by atomic mass is 16.4. The Kier molecular flexibility index (Phi) is 3.59. The Bertz CT molecular complexity index is 418. The number of carbonyl (C=O) groups is 4. The molecule has 1 atom stereocenters. The van der Waals surface area contributed by atoms with Crippen LogP contribution in [0.15, 0.2) is 0 Å². The molecule has 18 heavy (non-hydrogen) atoms. The van der Waals surface area contributed by atoms with Crippen LogP contribution in [0.3, 0.4) is 0 Å². The van der Waals surface area contributed by atoms with Crippen LogP contribution in [0.1, 0.15) is 20.8 Å². The molecule has 0 unspecified atom stereocenters. The number of hydrogen-bond acceptors (Lipinski definition) is 4. The molecule has 0 aliphatic carbocycles. The van der Waals surface area contributed by atoms with Gasteiger partial charge in [-0.1, -0.05) is 0 Å². The molecule has 0 saturated carbocycles. The molecule has 3 N–H and O–H groups in total. The van der Waals surface area contributed by atoms with Crippen LogP contribution in [0.25, 0.3) is 0 Å². The number of amides is 4. The number of piperazine rings is 1. The molecule has 1 saturated heterocycles. The molecule has 0 radical (unpaired) electrons. The summed E-state index contributed by atoms with van der Waals surface area (Å²) in [4.78, 5) is 46.3. The molecular weight excluding hydrogens is 242 g/mol. The molecule has 0 spiro atoms. The Hall–Kier alpha value is -2.12. The van der Waals surface area contributed by atoms with Gasteiger partial charge in [-0.15, -0.1) is 0 Å². The van der Waals surface area contributed by atoms with E-state index in [2.05, 4.69) is 10.6 Å². The van der Waals surface area contributed by atoms with Gasteiger partial charge in [0.1, 0.15) is 18.1 Å². The second-order valence-electron chi connectivity index (χ2n) is 4.53. The van der Waals surface area contributed by atoms with Crippen LogP contribution in [-0.2, 0) is 14.4 Å². The largest absolute Gasteiger partial charge is 0.480 e. The molecule has 0 aromatic carbocycles. The van der Waals surface area contributed by atoms with Crippen LogP contribution in [0.2, 0.25) is 0 Å². The number of nitrogens with one attached hydrogen (secondary N) is 2. The second kappa shape index (κ2) is 4.63. The molecule has 8 heteroatoms. The third kappa shape index (κ3) is 2.58. The van der Waals surface area contributed by atoms with Crippen molar-refractivity contribution < 1.29 is 24.3 Å². The lowest BCUT2D eigenvalue weighted by Gasteiger charge is -2.40. The lowest BCUT2D eigenvalue weighted by Crippen LogP contribution is -2.67. The molecular formula is C10H15N3O5. The Morgan fingerprint density at radius 3 is 2.50 bits per heavy atom. The third-order valence-corrected chi connectivity index (χ3v) is 2.74. The van der Waals surface area contributed by atoms with Gasteiger partial charge in [0.05, 0.1) is 0 Å². The molecule has 0 aromatic heterocycles. The molecule has 1 aliphatic heterocycles. The second-order valence-corrected chi connectivity index (χ2v) is 4.53. The average molecular weight is 257 g/mol. The summed E-state index contributed by atoms with van der Waals surface area (Å²) in [6.07, 6.45) is 0. The molecule has 4 amide bonds. The maximum atomic E-state index is 11.8. The van der Waals surface area contributed by atoms with E-state index in [-0.39, 0.29) is 6.54 Å². The van der Waals surface area contributed by atoms with Gasteiger partial charge >= 0.3 is 12.0 Å². The minimum Gasteiger partial charge on any atom is -0.480 e. The normalized spacial score (nSPS) is 20.1. The molecule has 0 aromatic rings. The number of carbonyl (C=O) groups excluding carboxylic acids is 3. The van der Waals surface area contributed by atoms with Crippen LogP contribution >= 0.6 is 0 Å². The highest BCUT2D eigenvalue weighted by Gasteiger charge is 2.43. The van der Waals surface area contributed by atoms with E-state index in [1.54, 1.807) is 0 Å². The number of urea groups is 1. The van der Waals surface area contributed by atoms with Gasteiger partial charge < -0.3 is 15.3 Å². The quantitative estimate of drug-likeness (QED) is 0.543. The maximum Gasteiger partial charge on any atom is 0.325 e. The summed E-state index contributed by atoms with van der Waals surface area (Å²) >= 11 is 0. The summed E-state index contributed by atoms with van der Waals surface area (Å²) in [5.41, 5.74) is -1.21. The van der Waals surface area contributed by atoms with Gasteiger partial charge in [-0.2, -0.15) is 0 Å². The Morgan fingerprint density at radius 1 is 1.44 bits per heavy atom. The monoisotopic (exact) mass is 257 g/mol. The van der Waals surface area contributed by atoms with Crippen molar-refractivity contribution in [2.45, 2.75) is 32.4 Å². The van der Waals surface area contributed by atoms with E-state index < -0.39 is 35.4 Å². The summed E-state index contributed by atoms with van der Waals surface area (Å²) in [6.45, 7) is 3.94. The Labute approximate surface area is 103 Å². The first-order valence-electron chi connectivity index (χ1n) is 5.31. The van der Waals surface area contributed by atoms with Gasteiger partial charge in [-0.05, 0) is 20.8 Å². The highest BCUT2D eigenvalue weighted by molar-refractivity contribution is 6.06. The molecule has 1 heterocycles. The number of carboxylic acid groups (broad SMARTS) is 1. The minimum absolute atomic E-state index is 0.295. The Morgan fingerprint density at radius 2 is 2.00 bits per heavy atom. The fraction of sp³-hybridized carbons (Fsp3) is 0.600. The smallest absolute Gasteiger partial charge is 0.325 e. The first-order valence-corrected chi connectivity index (χ1v) is 5.31. The Balaban J connectivity index is 2.85.